The maximum Gasteiger partial charge on any atom is 0.306 e. The summed E-state index contributed by atoms with van der Waals surface area (Å²) in [6.07, 6.45) is 3.91. The van der Waals surface area contributed by atoms with Gasteiger partial charge in [0, 0.05) is 25.0 Å². The van der Waals surface area contributed by atoms with Gasteiger partial charge in [0.25, 0.3) is 0 Å². The van der Waals surface area contributed by atoms with Crippen LogP contribution in [0.2, 0.25) is 0 Å². The van der Waals surface area contributed by atoms with E-state index in [1.807, 2.05) is 19.1 Å². The zero-order valence-electron chi connectivity index (χ0n) is 9.06. The van der Waals surface area contributed by atoms with Crippen molar-refractivity contribution in [3.8, 4) is 0 Å². The highest BCUT2D eigenvalue weighted by molar-refractivity contribution is 5.69. The number of pyridine rings is 1. The standard InChI is InChI=1S/C11H16N2O2/c1-9(10-3-6-12-7-4-10)13-8-5-11(14)15-2/h3-4,6-7,9,13H,5,8H2,1-2H3/t9-/m0/s1. The molecule has 0 aliphatic carbocycles. The maximum atomic E-state index is 10.9. The zero-order chi connectivity index (χ0) is 11.1. The molecule has 0 spiro atoms. The van der Waals surface area contributed by atoms with Crippen LogP contribution in [0.15, 0.2) is 24.5 Å². The van der Waals surface area contributed by atoms with E-state index in [0.29, 0.717) is 13.0 Å². The third kappa shape index (κ3) is 4.08. The van der Waals surface area contributed by atoms with Crippen LogP contribution in [0, 0.1) is 0 Å². The molecule has 0 saturated carbocycles. The van der Waals surface area contributed by atoms with Crippen LogP contribution in [0.1, 0.15) is 24.9 Å². The number of nitrogens with one attached hydrogen (secondary N) is 1. The van der Waals surface area contributed by atoms with Crippen LogP contribution in [0.25, 0.3) is 0 Å². The van der Waals surface area contributed by atoms with Gasteiger partial charge in [-0.3, -0.25) is 9.78 Å². The molecule has 0 amide bonds. The third-order valence-electron chi connectivity index (χ3n) is 2.21. The minimum Gasteiger partial charge on any atom is -0.469 e. The highest BCUT2D eigenvalue weighted by Gasteiger charge is 2.05. The number of hydrogen-bond acceptors (Lipinski definition) is 4. The Morgan fingerprint density at radius 3 is 2.80 bits per heavy atom. The van der Waals surface area contributed by atoms with Crippen molar-refractivity contribution >= 4 is 5.97 Å². The van der Waals surface area contributed by atoms with Gasteiger partial charge in [0.2, 0.25) is 0 Å². The van der Waals surface area contributed by atoms with E-state index in [2.05, 4.69) is 15.0 Å². The van der Waals surface area contributed by atoms with Crippen LogP contribution in [-0.2, 0) is 9.53 Å². The molecule has 15 heavy (non-hydrogen) atoms. The van der Waals surface area contributed by atoms with Gasteiger partial charge in [-0.25, -0.2) is 0 Å². The molecule has 0 fully saturated rings. The molecule has 0 saturated heterocycles. The molecule has 0 aliphatic heterocycles. The Kier molecular flexibility index (Phi) is 4.77. The second-order valence-electron chi connectivity index (χ2n) is 3.28. The first kappa shape index (κ1) is 11.7. The molecule has 0 radical (unpaired) electrons. The van der Waals surface area contributed by atoms with Gasteiger partial charge in [0.15, 0.2) is 0 Å². The number of carbonyl (C=O) groups excluding carboxylic acids is 1. The van der Waals surface area contributed by atoms with E-state index in [9.17, 15) is 4.79 Å². The lowest BCUT2D eigenvalue weighted by molar-refractivity contribution is -0.140. The van der Waals surface area contributed by atoms with Crippen molar-refractivity contribution in [1.82, 2.24) is 10.3 Å². The molecule has 0 bridgehead atoms. The number of esters is 1. The fraction of sp³-hybridized carbons (Fsp3) is 0.455. The Labute approximate surface area is 89.7 Å². The largest absolute Gasteiger partial charge is 0.469 e. The van der Waals surface area contributed by atoms with Gasteiger partial charge >= 0.3 is 5.97 Å². The topological polar surface area (TPSA) is 51.2 Å². The second-order valence-corrected chi connectivity index (χ2v) is 3.28. The quantitative estimate of drug-likeness (QED) is 0.741. The van der Waals surface area contributed by atoms with Gasteiger partial charge in [0.1, 0.15) is 0 Å². The molecule has 4 heteroatoms. The summed E-state index contributed by atoms with van der Waals surface area (Å²) in [6, 6.07) is 4.13. The molecule has 1 aromatic rings. The summed E-state index contributed by atoms with van der Waals surface area (Å²) in [5.74, 6) is -0.190. The molecule has 1 rings (SSSR count). The minimum atomic E-state index is -0.190. The van der Waals surface area contributed by atoms with Crippen LogP contribution in [0.4, 0.5) is 0 Å². The number of nitrogens with zero attached hydrogens (tertiary/aromatic N) is 1. The number of hydrogen-bond donors (Lipinski definition) is 1. The van der Waals surface area contributed by atoms with Gasteiger partial charge < -0.3 is 10.1 Å². The first-order valence-corrected chi connectivity index (χ1v) is 4.94. The van der Waals surface area contributed by atoms with Crippen molar-refractivity contribution in [3.05, 3.63) is 30.1 Å². The summed E-state index contributed by atoms with van der Waals surface area (Å²) >= 11 is 0. The van der Waals surface area contributed by atoms with E-state index in [-0.39, 0.29) is 12.0 Å². The lowest BCUT2D eigenvalue weighted by atomic mass is 10.1. The summed E-state index contributed by atoms with van der Waals surface area (Å²) in [6.45, 7) is 2.67. The minimum absolute atomic E-state index is 0.190. The average Bonchev–Trinajstić information content (AvgIpc) is 2.29. The number of carbonyl (C=O) groups is 1. The van der Waals surface area contributed by atoms with E-state index < -0.39 is 0 Å². The highest BCUT2D eigenvalue weighted by Crippen LogP contribution is 2.09. The summed E-state index contributed by atoms with van der Waals surface area (Å²) in [7, 11) is 1.40. The summed E-state index contributed by atoms with van der Waals surface area (Å²) in [5.41, 5.74) is 1.16. The first-order chi connectivity index (χ1) is 7.24. The number of rotatable bonds is 5. The molecule has 1 aromatic heterocycles. The molecule has 82 valence electrons. The van der Waals surface area contributed by atoms with Crippen LogP contribution in [0.3, 0.4) is 0 Å². The van der Waals surface area contributed by atoms with Crippen molar-refractivity contribution in [2.45, 2.75) is 19.4 Å². The Hall–Kier alpha value is -1.42. The Morgan fingerprint density at radius 2 is 2.20 bits per heavy atom. The van der Waals surface area contributed by atoms with Gasteiger partial charge in [-0.2, -0.15) is 0 Å². The van der Waals surface area contributed by atoms with E-state index in [1.54, 1.807) is 12.4 Å². The van der Waals surface area contributed by atoms with Crippen LogP contribution in [0.5, 0.6) is 0 Å². The molecule has 0 aromatic carbocycles. The van der Waals surface area contributed by atoms with Gasteiger partial charge in [0.05, 0.1) is 13.5 Å². The number of methoxy groups -OCH3 is 1. The maximum absolute atomic E-state index is 10.9. The van der Waals surface area contributed by atoms with Gasteiger partial charge in [-0.15, -0.1) is 0 Å². The summed E-state index contributed by atoms with van der Waals surface area (Å²) in [5, 5.41) is 3.24. The van der Waals surface area contributed by atoms with E-state index in [1.165, 1.54) is 7.11 Å². The van der Waals surface area contributed by atoms with Crippen molar-refractivity contribution < 1.29 is 9.53 Å². The van der Waals surface area contributed by atoms with Crippen molar-refractivity contribution in [1.29, 1.82) is 0 Å². The van der Waals surface area contributed by atoms with E-state index in [4.69, 9.17) is 0 Å². The van der Waals surface area contributed by atoms with Gasteiger partial charge in [-0.1, -0.05) is 0 Å². The van der Waals surface area contributed by atoms with Crippen molar-refractivity contribution in [3.63, 3.8) is 0 Å². The average molecular weight is 208 g/mol. The normalized spacial score (nSPS) is 12.1. The van der Waals surface area contributed by atoms with Crippen molar-refractivity contribution in [2.75, 3.05) is 13.7 Å². The predicted molar refractivity (Wildman–Crippen MR) is 57.3 cm³/mol. The number of ether oxygens (including phenoxy) is 1. The summed E-state index contributed by atoms with van der Waals surface area (Å²) < 4.78 is 4.55. The molecular weight excluding hydrogens is 192 g/mol. The molecular formula is C11H16N2O2. The molecule has 1 N–H and O–H groups in total. The van der Waals surface area contributed by atoms with Crippen LogP contribution in [-0.4, -0.2) is 24.6 Å². The third-order valence-corrected chi connectivity index (χ3v) is 2.21. The Morgan fingerprint density at radius 1 is 1.53 bits per heavy atom. The fourth-order valence-electron chi connectivity index (χ4n) is 1.26. The molecule has 0 unspecified atom stereocenters. The lowest BCUT2D eigenvalue weighted by Crippen LogP contribution is -2.22. The second kappa shape index (κ2) is 6.14. The smallest absolute Gasteiger partial charge is 0.306 e. The Bertz CT molecular complexity index is 301. The lowest BCUT2D eigenvalue weighted by Gasteiger charge is -2.13. The zero-order valence-corrected chi connectivity index (χ0v) is 9.06. The molecule has 4 nitrogen and oxygen atoms in total. The monoisotopic (exact) mass is 208 g/mol. The SMILES string of the molecule is COC(=O)CCN[C@@H](C)c1ccncc1. The van der Waals surface area contributed by atoms with Crippen LogP contribution < -0.4 is 5.32 Å². The van der Waals surface area contributed by atoms with Gasteiger partial charge in [-0.05, 0) is 24.6 Å². The number of aromatic nitrogens is 1. The predicted octanol–water partition coefficient (Wildman–Crippen LogP) is 1.30. The molecule has 1 heterocycles. The van der Waals surface area contributed by atoms with E-state index >= 15 is 0 Å². The van der Waals surface area contributed by atoms with E-state index in [0.717, 1.165) is 5.56 Å². The highest BCUT2D eigenvalue weighted by atomic mass is 16.5. The first-order valence-electron chi connectivity index (χ1n) is 4.94. The van der Waals surface area contributed by atoms with Crippen molar-refractivity contribution in [2.24, 2.45) is 0 Å². The Balaban J connectivity index is 2.31. The van der Waals surface area contributed by atoms with Crippen LogP contribution >= 0.6 is 0 Å². The molecule has 0 aliphatic rings. The summed E-state index contributed by atoms with van der Waals surface area (Å²) in [4.78, 5) is 14.8. The fourth-order valence-corrected chi connectivity index (χ4v) is 1.26. The molecule has 1 atom stereocenters.